The lowest BCUT2D eigenvalue weighted by atomic mass is 10.2. The molecule has 1 aliphatic heterocycles. The zero-order valence-corrected chi connectivity index (χ0v) is 15.3. The van der Waals surface area contributed by atoms with Gasteiger partial charge in [0.1, 0.15) is 11.6 Å². The van der Waals surface area contributed by atoms with Crippen LogP contribution < -0.4 is 4.74 Å². The molecule has 26 heavy (non-hydrogen) atoms. The molecule has 2 heterocycles. The van der Waals surface area contributed by atoms with Gasteiger partial charge in [-0.15, -0.1) is 0 Å². The first-order valence-electron chi connectivity index (χ1n) is 8.75. The van der Waals surface area contributed by atoms with Gasteiger partial charge >= 0.3 is 0 Å². The third kappa shape index (κ3) is 3.27. The van der Waals surface area contributed by atoms with Gasteiger partial charge in [0.15, 0.2) is 6.61 Å². The molecule has 0 spiro atoms. The molecule has 1 N–H and O–H groups in total. The predicted molar refractivity (Wildman–Crippen MR) is 101 cm³/mol. The van der Waals surface area contributed by atoms with E-state index < -0.39 is 0 Å². The fraction of sp³-hybridized carbons (Fsp3) is 0.300. The van der Waals surface area contributed by atoms with Crippen LogP contribution in [0.1, 0.15) is 30.3 Å². The van der Waals surface area contributed by atoms with Gasteiger partial charge in [0.25, 0.3) is 5.91 Å². The number of benzene rings is 2. The topological polar surface area (TPSA) is 58.2 Å². The Labute approximate surface area is 156 Å². The highest BCUT2D eigenvalue weighted by molar-refractivity contribution is 6.32. The van der Waals surface area contributed by atoms with Crippen molar-refractivity contribution in [1.29, 1.82) is 0 Å². The van der Waals surface area contributed by atoms with E-state index in [1.807, 2.05) is 48.2 Å². The summed E-state index contributed by atoms with van der Waals surface area (Å²) in [4.78, 5) is 22.6. The number of ether oxygens (including phenoxy) is 1. The molecule has 2 aromatic carbocycles. The van der Waals surface area contributed by atoms with Gasteiger partial charge in [0.2, 0.25) is 0 Å². The van der Waals surface area contributed by atoms with Crippen LogP contribution >= 0.6 is 11.6 Å². The second-order valence-electron chi connectivity index (χ2n) is 6.61. The number of likely N-dealkylation sites (tertiary alicyclic amines) is 1. The third-order valence-corrected chi connectivity index (χ3v) is 5.05. The zero-order chi connectivity index (χ0) is 18.1. The molecule has 1 aromatic heterocycles. The monoisotopic (exact) mass is 369 g/mol. The number of aromatic amines is 1. The minimum atomic E-state index is -0.0504. The Balaban J connectivity index is 1.49. The van der Waals surface area contributed by atoms with Gasteiger partial charge < -0.3 is 14.6 Å². The van der Waals surface area contributed by atoms with Gasteiger partial charge in [-0.25, -0.2) is 4.98 Å². The number of para-hydroxylation sites is 2. The number of hydrogen-bond donors (Lipinski definition) is 1. The summed E-state index contributed by atoms with van der Waals surface area (Å²) in [5, 5.41) is 0.513. The van der Waals surface area contributed by atoms with Gasteiger partial charge in [-0.1, -0.05) is 29.8 Å². The molecule has 3 aromatic rings. The Morgan fingerprint density at radius 3 is 3.04 bits per heavy atom. The van der Waals surface area contributed by atoms with Crippen molar-refractivity contribution in [2.45, 2.75) is 25.8 Å². The molecule has 1 fully saturated rings. The minimum Gasteiger partial charge on any atom is -0.482 e. The van der Waals surface area contributed by atoms with Crippen LogP contribution in [0.15, 0.2) is 42.5 Å². The molecular formula is C20H20ClN3O2. The minimum absolute atomic E-state index is 0.0279. The third-order valence-electron chi connectivity index (χ3n) is 4.73. The van der Waals surface area contributed by atoms with Gasteiger partial charge in [0, 0.05) is 6.54 Å². The molecule has 134 valence electrons. The highest BCUT2D eigenvalue weighted by Crippen LogP contribution is 2.32. The Hall–Kier alpha value is -2.53. The van der Waals surface area contributed by atoms with Crippen molar-refractivity contribution in [2.75, 3.05) is 13.2 Å². The van der Waals surface area contributed by atoms with E-state index in [9.17, 15) is 4.79 Å². The first-order valence-corrected chi connectivity index (χ1v) is 9.12. The summed E-state index contributed by atoms with van der Waals surface area (Å²) in [6.45, 7) is 2.65. The lowest BCUT2D eigenvalue weighted by molar-refractivity contribution is -0.134. The average molecular weight is 370 g/mol. The van der Waals surface area contributed by atoms with Crippen LogP contribution in [0.3, 0.4) is 0 Å². The number of aryl methyl sites for hydroxylation is 1. The van der Waals surface area contributed by atoms with Crippen LogP contribution in [-0.4, -0.2) is 33.9 Å². The van der Waals surface area contributed by atoms with Crippen molar-refractivity contribution >= 4 is 28.5 Å². The van der Waals surface area contributed by atoms with Crippen LogP contribution in [0.2, 0.25) is 5.02 Å². The first kappa shape index (κ1) is 16.9. The molecule has 1 aliphatic rings. The second-order valence-corrected chi connectivity index (χ2v) is 7.01. The van der Waals surface area contributed by atoms with E-state index in [-0.39, 0.29) is 18.6 Å². The van der Waals surface area contributed by atoms with Crippen LogP contribution in [0.5, 0.6) is 5.75 Å². The Morgan fingerprint density at radius 1 is 1.35 bits per heavy atom. The number of H-pyrrole nitrogens is 1. The van der Waals surface area contributed by atoms with E-state index >= 15 is 0 Å². The molecule has 1 saturated heterocycles. The normalized spacial score (nSPS) is 17.0. The number of nitrogens with one attached hydrogen (secondary N) is 1. The number of carbonyl (C=O) groups excluding carboxylic acids is 1. The molecule has 0 aliphatic carbocycles. The largest absolute Gasteiger partial charge is 0.482 e. The smallest absolute Gasteiger partial charge is 0.261 e. The van der Waals surface area contributed by atoms with Gasteiger partial charge in [-0.05, 0) is 49.6 Å². The molecule has 0 unspecified atom stereocenters. The quantitative estimate of drug-likeness (QED) is 0.747. The number of imidazole rings is 1. The van der Waals surface area contributed by atoms with E-state index in [0.717, 1.165) is 35.3 Å². The molecule has 0 radical (unpaired) electrons. The molecule has 5 nitrogen and oxygen atoms in total. The standard InChI is InChI=1S/C20H20ClN3O2/c1-13-8-9-14(21)18(11-13)26-12-19(25)24-10-4-7-17(24)20-22-15-5-2-3-6-16(15)23-20/h2-3,5-6,8-9,11,17H,4,7,10,12H2,1H3,(H,22,23)/t17-/m1/s1. The summed E-state index contributed by atoms with van der Waals surface area (Å²) in [6, 6.07) is 13.4. The first-order chi connectivity index (χ1) is 12.6. The number of halogens is 1. The van der Waals surface area contributed by atoms with Crippen LogP contribution in [0, 0.1) is 6.92 Å². The molecule has 1 atom stereocenters. The number of nitrogens with zero attached hydrogens (tertiary/aromatic N) is 2. The summed E-state index contributed by atoms with van der Waals surface area (Å²) in [5.74, 6) is 1.33. The summed E-state index contributed by atoms with van der Waals surface area (Å²) in [6.07, 6.45) is 1.86. The summed E-state index contributed by atoms with van der Waals surface area (Å²) in [7, 11) is 0. The highest BCUT2D eigenvalue weighted by Gasteiger charge is 2.32. The molecule has 0 bridgehead atoms. The number of rotatable bonds is 4. The Bertz CT molecular complexity index is 920. The van der Waals surface area contributed by atoms with E-state index in [0.29, 0.717) is 17.3 Å². The maximum atomic E-state index is 12.7. The van der Waals surface area contributed by atoms with E-state index in [4.69, 9.17) is 16.3 Å². The number of fused-ring (bicyclic) bond motifs is 1. The second kappa shape index (κ2) is 7.00. The maximum Gasteiger partial charge on any atom is 0.261 e. The Morgan fingerprint density at radius 2 is 2.19 bits per heavy atom. The van der Waals surface area contributed by atoms with Crippen LogP contribution in [0.4, 0.5) is 0 Å². The van der Waals surface area contributed by atoms with Crippen molar-refractivity contribution in [2.24, 2.45) is 0 Å². The van der Waals surface area contributed by atoms with Gasteiger partial charge in [0.05, 0.1) is 22.1 Å². The van der Waals surface area contributed by atoms with Crippen LogP contribution in [0.25, 0.3) is 11.0 Å². The van der Waals surface area contributed by atoms with Crippen molar-refractivity contribution in [3.63, 3.8) is 0 Å². The fourth-order valence-electron chi connectivity index (χ4n) is 3.42. The lowest BCUT2D eigenvalue weighted by Crippen LogP contribution is -2.34. The van der Waals surface area contributed by atoms with E-state index in [1.54, 1.807) is 6.07 Å². The Kier molecular flexibility index (Phi) is 4.55. The highest BCUT2D eigenvalue weighted by atomic mass is 35.5. The van der Waals surface area contributed by atoms with E-state index in [1.165, 1.54) is 0 Å². The lowest BCUT2D eigenvalue weighted by Gasteiger charge is -2.23. The predicted octanol–water partition coefficient (Wildman–Crippen LogP) is 4.27. The van der Waals surface area contributed by atoms with Crippen molar-refractivity contribution in [1.82, 2.24) is 14.9 Å². The maximum absolute atomic E-state index is 12.7. The van der Waals surface area contributed by atoms with Gasteiger partial charge in [-0.2, -0.15) is 0 Å². The number of hydrogen-bond acceptors (Lipinski definition) is 3. The van der Waals surface area contributed by atoms with E-state index in [2.05, 4.69) is 9.97 Å². The van der Waals surface area contributed by atoms with Crippen molar-refractivity contribution < 1.29 is 9.53 Å². The molecule has 4 rings (SSSR count). The molecular weight excluding hydrogens is 350 g/mol. The summed E-state index contributed by atoms with van der Waals surface area (Å²) < 4.78 is 5.68. The van der Waals surface area contributed by atoms with Crippen molar-refractivity contribution in [3.05, 3.63) is 58.9 Å². The number of amides is 1. The summed E-state index contributed by atoms with van der Waals surface area (Å²) >= 11 is 6.14. The average Bonchev–Trinajstić information content (AvgIpc) is 3.28. The number of aromatic nitrogens is 2. The molecule has 1 amide bonds. The van der Waals surface area contributed by atoms with Crippen molar-refractivity contribution in [3.8, 4) is 5.75 Å². The SMILES string of the molecule is Cc1ccc(Cl)c(OCC(=O)N2CCC[C@@H]2c2nc3ccccc3[nH]2)c1. The summed E-state index contributed by atoms with van der Waals surface area (Å²) in [5.41, 5.74) is 2.95. The molecule has 6 heteroatoms. The van der Waals surface area contributed by atoms with Crippen LogP contribution in [-0.2, 0) is 4.79 Å². The number of carbonyl (C=O) groups is 1. The zero-order valence-electron chi connectivity index (χ0n) is 14.5. The molecule has 0 saturated carbocycles. The van der Waals surface area contributed by atoms with Gasteiger partial charge in [-0.3, -0.25) is 4.79 Å². The fourth-order valence-corrected chi connectivity index (χ4v) is 3.60.